The Morgan fingerprint density at radius 1 is 1.47 bits per heavy atom. The molecule has 1 saturated heterocycles. The Morgan fingerprint density at radius 2 is 2.21 bits per heavy atom. The van der Waals surface area contributed by atoms with E-state index in [2.05, 4.69) is 25.6 Å². The lowest BCUT2D eigenvalue weighted by atomic mass is 10.1. The first-order valence-corrected chi connectivity index (χ1v) is 8.70. The molecule has 0 aliphatic carbocycles. The zero-order valence-electron chi connectivity index (χ0n) is 10.6. The highest BCUT2D eigenvalue weighted by molar-refractivity contribution is 9.10. The lowest BCUT2D eigenvalue weighted by Gasteiger charge is -2.30. The van der Waals surface area contributed by atoms with Crippen LogP contribution in [0, 0.1) is 0 Å². The number of nitrogens with zero attached hydrogens (tertiary/aromatic N) is 1. The molecule has 1 aliphatic rings. The fourth-order valence-corrected chi connectivity index (χ4v) is 4.13. The van der Waals surface area contributed by atoms with Crippen LogP contribution in [-0.4, -0.2) is 39.5 Å². The summed E-state index contributed by atoms with van der Waals surface area (Å²) < 4.78 is 27.9. The van der Waals surface area contributed by atoms with Gasteiger partial charge in [0.05, 0.1) is 9.92 Å². The molecule has 1 N–H and O–H groups in total. The van der Waals surface area contributed by atoms with E-state index in [1.165, 1.54) is 12.1 Å². The van der Waals surface area contributed by atoms with Gasteiger partial charge in [-0.2, -0.15) is 0 Å². The predicted molar refractivity (Wildman–Crippen MR) is 80.0 cm³/mol. The van der Waals surface area contributed by atoms with Crippen LogP contribution in [0.2, 0.25) is 5.02 Å². The first kappa shape index (κ1) is 15.3. The SMILES string of the molecule is CN1CCCC(NS(=O)(=O)c2ccc(Cl)c(Br)c2)C1. The average Bonchev–Trinajstić information content (AvgIpc) is 2.32. The molecule has 1 fully saturated rings. The molecule has 1 aliphatic heterocycles. The predicted octanol–water partition coefficient (Wildman–Crippen LogP) is 2.48. The summed E-state index contributed by atoms with van der Waals surface area (Å²) in [5, 5.41) is 0.497. The second-order valence-corrected chi connectivity index (χ2v) is 7.77. The summed E-state index contributed by atoms with van der Waals surface area (Å²) in [5.74, 6) is 0. The van der Waals surface area contributed by atoms with Crippen molar-refractivity contribution in [3.63, 3.8) is 0 Å². The molecule has 1 aromatic rings. The quantitative estimate of drug-likeness (QED) is 0.893. The second-order valence-electron chi connectivity index (χ2n) is 4.80. The number of nitrogens with one attached hydrogen (secondary N) is 1. The van der Waals surface area contributed by atoms with Crippen LogP contribution < -0.4 is 4.72 Å². The number of halogens is 2. The maximum Gasteiger partial charge on any atom is 0.240 e. The molecule has 1 atom stereocenters. The van der Waals surface area contributed by atoms with E-state index in [1.54, 1.807) is 6.07 Å². The highest BCUT2D eigenvalue weighted by atomic mass is 79.9. The van der Waals surface area contributed by atoms with Crippen molar-refractivity contribution in [2.24, 2.45) is 0 Å². The van der Waals surface area contributed by atoms with Crippen LogP contribution in [0.25, 0.3) is 0 Å². The van der Waals surface area contributed by atoms with Gasteiger partial charge in [-0.25, -0.2) is 13.1 Å². The standard InChI is InChI=1S/C12H16BrClN2O2S/c1-16-6-2-3-9(8-16)15-19(17,18)10-4-5-12(14)11(13)7-10/h4-5,7,9,15H,2-3,6,8H2,1H3. The van der Waals surface area contributed by atoms with Crippen LogP contribution >= 0.6 is 27.5 Å². The molecule has 0 radical (unpaired) electrons. The molecule has 0 bridgehead atoms. The maximum atomic E-state index is 12.3. The summed E-state index contributed by atoms with van der Waals surface area (Å²) in [5.41, 5.74) is 0. The molecule has 1 aromatic carbocycles. The van der Waals surface area contributed by atoms with E-state index in [4.69, 9.17) is 11.6 Å². The summed E-state index contributed by atoms with van der Waals surface area (Å²) in [6, 6.07) is 4.59. The lowest BCUT2D eigenvalue weighted by molar-refractivity contribution is 0.242. The minimum Gasteiger partial charge on any atom is -0.305 e. The minimum absolute atomic E-state index is 0.0294. The zero-order chi connectivity index (χ0) is 14.0. The number of likely N-dealkylation sites (tertiary alicyclic amines) is 1. The summed E-state index contributed by atoms with van der Waals surface area (Å²) in [4.78, 5) is 2.37. The number of likely N-dealkylation sites (N-methyl/N-ethyl adjacent to an activating group) is 1. The van der Waals surface area contributed by atoms with Crippen LogP contribution in [0.3, 0.4) is 0 Å². The Bertz CT molecular complexity index is 565. The monoisotopic (exact) mass is 366 g/mol. The van der Waals surface area contributed by atoms with E-state index < -0.39 is 10.0 Å². The molecule has 7 heteroatoms. The molecule has 1 heterocycles. The van der Waals surface area contributed by atoms with Crippen LogP contribution in [0.1, 0.15) is 12.8 Å². The zero-order valence-corrected chi connectivity index (χ0v) is 13.7. The Balaban J connectivity index is 2.15. The van der Waals surface area contributed by atoms with E-state index in [0.29, 0.717) is 9.50 Å². The molecule has 4 nitrogen and oxygen atoms in total. The van der Waals surface area contributed by atoms with Crippen LogP contribution in [0.15, 0.2) is 27.6 Å². The van der Waals surface area contributed by atoms with E-state index in [-0.39, 0.29) is 10.9 Å². The van der Waals surface area contributed by atoms with E-state index in [0.717, 1.165) is 25.9 Å². The Hall–Kier alpha value is -0.140. The Morgan fingerprint density at radius 3 is 2.84 bits per heavy atom. The van der Waals surface area contributed by atoms with Gasteiger partial charge in [0.15, 0.2) is 0 Å². The number of piperidine rings is 1. The third-order valence-corrected chi connectivity index (χ3v) is 5.88. The van der Waals surface area contributed by atoms with Gasteiger partial charge in [-0.15, -0.1) is 0 Å². The van der Waals surface area contributed by atoms with Crippen molar-refractivity contribution in [3.05, 3.63) is 27.7 Å². The lowest BCUT2D eigenvalue weighted by Crippen LogP contribution is -2.46. The summed E-state index contributed by atoms with van der Waals surface area (Å²) >= 11 is 9.11. The Kier molecular flexibility index (Phi) is 4.89. The van der Waals surface area contributed by atoms with Gasteiger partial charge in [0.2, 0.25) is 10.0 Å². The average molecular weight is 368 g/mol. The van der Waals surface area contributed by atoms with Gasteiger partial charge in [0.25, 0.3) is 0 Å². The fraction of sp³-hybridized carbons (Fsp3) is 0.500. The Labute approximate surface area is 127 Å². The number of hydrogen-bond donors (Lipinski definition) is 1. The molecule has 0 spiro atoms. The van der Waals surface area contributed by atoms with Crippen molar-refractivity contribution in [1.82, 2.24) is 9.62 Å². The van der Waals surface area contributed by atoms with Crippen molar-refractivity contribution in [2.75, 3.05) is 20.1 Å². The van der Waals surface area contributed by atoms with Gasteiger partial charge in [-0.1, -0.05) is 11.6 Å². The van der Waals surface area contributed by atoms with Gasteiger partial charge >= 0.3 is 0 Å². The van der Waals surface area contributed by atoms with Crippen LogP contribution in [-0.2, 0) is 10.0 Å². The highest BCUT2D eigenvalue weighted by Crippen LogP contribution is 2.25. The molecular weight excluding hydrogens is 352 g/mol. The molecule has 19 heavy (non-hydrogen) atoms. The van der Waals surface area contributed by atoms with Gasteiger partial charge in [-0.3, -0.25) is 0 Å². The number of rotatable bonds is 3. The van der Waals surface area contributed by atoms with E-state index in [1.807, 2.05) is 7.05 Å². The van der Waals surface area contributed by atoms with Crippen LogP contribution in [0.5, 0.6) is 0 Å². The largest absolute Gasteiger partial charge is 0.305 e. The van der Waals surface area contributed by atoms with Crippen molar-refractivity contribution in [1.29, 1.82) is 0 Å². The number of hydrogen-bond acceptors (Lipinski definition) is 3. The first-order chi connectivity index (χ1) is 8.88. The molecule has 1 unspecified atom stereocenters. The highest BCUT2D eigenvalue weighted by Gasteiger charge is 2.24. The van der Waals surface area contributed by atoms with Gasteiger partial charge in [-0.05, 0) is 60.6 Å². The van der Waals surface area contributed by atoms with E-state index in [9.17, 15) is 8.42 Å². The first-order valence-electron chi connectivity index (χ1n) is 6.04. The third-order valence-electron chi connectivity index (χ3n) is 3.15. The minimum atomic E-state index is -3.49. The fourth-order valence-electron chi connectivity index (χ4n) is 2.19. The second kappa shape index (κ2) is 6.10. The number of sulfonamides is 1. The van der Waals surface area contributed by atoms with Gasteiger partial charge < -0.3 is 4.90 Å². The van der Waals surface area contributed by atoms with Crippen molar-refractivity contribution < 1.29 is 8.42 Å². The van der Waals surface area contributed by atoms with Crippen molar-refractivity contribution in [3.8, 4) is 0 Å². The molecule has 0 saturated carbocycles. The summed E-state index contributed by atoms with van der Waals surface area (Å²) in [7, 11) is -1.49. The topological polar surface area (TPSA) is 49.4 Å². The maximum absolute atomic E-state index is 12.3. The normalized spacial score (nSPS) is 21.5. The van der Waals surface area contributed by atoms with Crippen molar-refractivity contribution in [2.45, 2.75) is 23.8 Å². The summed E-state index contributed by atoms with van der Waals surface area (Å²) in [6.07, 6.45) is 1.88. The van der Waals surface area contributed by atoms with Gasteiger partial charge in [0.1, 0.15) is 0 Å². The summed E-state index contributed by atoms with van der Waals surface area (Å²) in [6.45, 7) is 1.76. The molecule has 0 amide bonds. The molecular formula is C12H16BrClN2O2S. The van der Waals surface area contributed by atoms with E-state index >= 15 is 0 Å². The molecule has 0 aromatic heterocycles. The third kappa shape index (κ3) is 3.92. The molecule has 2 rings (SSSR count). The van der Waals surface area contributed by atoms with Crippen LogP contribution in [0.4, 0.5) is 0 Å². The van der Waals surface area contributed by atoms with Crippen molar-refractivity contribution >= 4 is 37.6 Å². The number of benzene rings is 1. The van der Waals surface area contributed by atoms with Gasteiger partial charge in [0, 0.05) is 17.1 Å². The molecule has 106 valence electrons. The smallest absolute Gasteiger partial charge is 0.240 e.